The van der Waals surface area contributed by atoms with Gasteiger partial charge in [-0.05, 0) is 37.3 Å². The van der Waals surface area contributed by atoms with Gasteiger partial charge in [0.15, 0.2) is 0 Å². The van der Waals surface area contributed by atoms with Gasteiger partial charge in [-0.3, -0.25) is 4.79 Å². The van der Waals surface area contributed by atoms with Crippen LogP contribution in [-0.4, -0.2) is 17.7 Å². The maximum absolute atomic E-state index is 11.6. The second-order valence-corrected chi connectivity index (χ2v) is 5.36. The van der Waals surface area contributed by atoms with Crippen molar-refractivity contribution < 1.29 is 4.79 Å². The van der Waals surface area contributed by atoms with Crippen molar-refractivity contribution >= 4 is 35.8 Å². The van der Waals surface area contributed by atoms with Crippen molar-refractivity contribution in [3.05, 3.63) is 24.3 Å². The van der Waals surface area contributed by atoms with E-state index in [9.17, 15) is 4.79 Å². The summed E-state index contributed by atoms with van der Waals surface area (Å²) in [6, 6.07) is 7.98. The van der Waals surface area contributed by atoms with Crippen molar-refractivity contribution in [1.82, 2.24) is 0 Å². The van der Waals surface area contributed by atoms with Gasteiger partial charge in [-0.2, -0.15) is 0 Å². The lowest BCUT2D eigenvalue weighted by atomic mass is 10.2. The van der Waals surface area contributed by atoms with Gasteiger partial charge in [-0.25, -0.2) is 0 Å². The summed E-state index contributed by atoms with van der Waals surface area (Å²) in [5.74, 6) is 1.06. The fourth-order valence-corrected chi connectivity index (χ4v) is 2.13. The normalized spacial score (nSPS) is 11.5. The summed E-state index contributed by atoms with van der Waals surface area (Å²) in [7, 11) is 0. The first-order valence-electron chi connectivity index (χ1n) is 5.90. The third-order valence-corrected chi connectivity index (χ3v) is 3.13. The van der Waals surface area contributed by atoms with Gasteiger partial charge in [0.05, 0.1) is 0 Å². The highest BCUT2D eigenvalue weighted by atomic mass is 35.5. The molecule has 0 radical (unpaired) electrons. The number of carbonyl (C=O) groups is 1. The molecule has 1 aromatic rings. The SMILES string of the molecule is CCSc1cccc(NC(=O)CCC(C)N)c1.Cl. The Bertz CT molecular complexity index is 372. The predicted molar refractivity (Wildman–Crippen MR) is 81.6 cm³/mol. The average Bonchev–Trinajstić information content (AvgIpc) is 2.27. The van der Waals surface area contributed by atoms with Crippen LogP contribution < -0.4 is 11.1 Å². The number of thioether (sulfide) groups is 1. The van der Waals surface area contributed by atoms with Crippen molar-refractivity contribution in [2.75, 3.05) is 11.1 Å². The molecule has 1 rings (SSSR count). The molecule has 0 aromatic heterocycles. The molecule has 1 amide bonds. The van der Waals surface area contributed by atoms with Gasteiger partial charge in [-0.15, -0.1) is 24.2 Å². The molecule has 5 heteroatoms. The Morgan fingerprint density at radius 1 is 1.50 bits per heavy atom. The molecule has 1 unspecified atom stereocenters. The fourth-order valence-electron chi connectivity index (χ4n) is 1.41. The van der Waals surface area contributed by atoms with Crippen LogP contribution in [0.1, 0.15) is 26.7 Å². The number of nitrogens with two attached hydrogens (primary N) is 1. The maximum atomic E-state index is 11.6. The molecule has 0 aliphatic heterocycles. The second kappa shape index (κ2) is 9.25. The minimum atomic E-state index is 0. The number of hydrogen-bond donors (Lipinski definition) is 2. The molecule has 3 N–H and O–H groups in total. The smallest absolute Gasteiger partial charge is 0.224 e. The molecule has 1 aromatic carbocycles. The van der Waals surface area contributed by atoms with Crippen LogP contribution in [0.2, 0.25) is 0 Å². The first kappa shape index (κ1) is 17.3. The van der Waals surface area contributed by atoms with Crippen molar-refractivity contribution in [3.8, 4) is 0 Å². The lowest BCUT2D eigenvalue weighted by molar-refractivity contribution is -0.116. The van der Waals surface area contributed by atoms with Crippen LogP contribution >= 0.6 is 24.2 Å². The fraction of sp³-hybridized carbons (Fsp3) is 0.462. The van der Waals surface area contributed by atoms with Gasteiger partial charge in [-0.1, -0.05) is 13.0 Å². The summed E-state index contributed by atoms with van der Waals surface area (Å²) in [6.07, 6.45) is 1.19. The average molecular weight is 289 g/mol. The molecule has 0 saturated heterocycles. The molecule has 0 heterocycles. The minimum absolute atomic E-state index is 0. The summed E-state index contributed by atoms with van der Waals surface area (Å²) in [5.41, 5.74) is 6.47. The molecule has 1 atom stereocenters. The van der Waals surface area contributed by atoms with E-state index in [1.54, 1.807) is 11.8 Å². The number of rotatable bonds is 6. The van der Waals surface area contributed by atoms with Crippen LogP contribution in [0.4, 0.5) is 5.69 Å². The zero-order valence-corrected chi connectivity index (χ0v) is 12.4. The molecule has 102 valence electrons. The third-order valence-electron chi connectivity index (χ3n) is 2.26. The van der Waals surface area contributed by atoms with Gasteiger partial charge in [0, 0.05) is 23.0 Å². The monoisotopic (exact) mass is 288 g/mol. The standard InChI is InChI=1S/C13H20N2OS.ClH/c1-3-17-12-6-4-5-11(9-12)15-13(16)8-7-10(2)14;/h4-6,9-10H,3,7-8,14H2,1-2H3,(H,15,16);1H. The predicted octanol–water partition coefficient (Wildman–Crippen LogP) is 3.29. The zero-order valence-electron chi connectivity index (χ0n) is 10.8. The van der Waals surface area contributed by atoms with Crippen LogP contribution in [0.25, 0.3) is 0 Å². The maximum Gasteiger partial charge on any atom is 0.224 e. The highest BCUT2D eigenvalue weighted by Gasteiger charge is 2.04. The molecule has 0 saturated carbocycles. The van der Waals surface area contributed by atoms with E-state index in [2.05, 4.69) is 12.2 Å². The minimum Gasteiger partial charge on any atom is -0.328 e. The Labute approximate surface area is 119 Å². The van der Waals surface area contributed by atoms with Crippen molar-refractivity contribution in [2.45, 2.75) is 37.6 Å². The Morgan fingerprint density at radius 2 is 2.22 bits per heavy atom. The Morgan fingerprint density at radius 3 is 2.83 bits per heavy atom. The lowest BCUT2D eigenvalue weighted by Gasteiger charge is -2.08. The number of amides is 1. The van der Waals surface area contributed by atoms with E-state index >= 15 is 0 Å². The lowest BCUT2D eigenvalue weighted by Crippen LogP contribution is -2.19. The molecule has 0 bridgehead atoms. The van der Waals surface area contributed by atoms with E-state index in [-0.39, 0.29) is 24.4 Å². The number of benzene rings is 1. The quantitative estimate of drug-likeness (QED) is 0.790. The van der Waals surface area contributed by atoms with Crippen LogP contribution in [0.15, 0.2) is 29.2 Å². The number of halogens is 1. The van der Waals surface area contributed by atoms with Gasteiger partial charge in [0.2, 0.25) is 5.91 Å². The molecule has 0 aliphatic rings. The van der Waals surface area contributed by atoms with Crippen molar-refractivity contribution in [2.24, 2.45) is 5.73 Å². The number of hydrogen-bond acceptors (Lipinski definition) is 3. The second-order valence-electron chi connectivity index (χ2n) is 4.02. The van der Waals surface area contributed by atoms with E-state index in [4.69, 9.17) is 5.73 Å². The van der Waals surface area contributed by atoms with Gasteiger partial charge in [0.1, 0.15) is 0 Å². The topological polar surface area (TPSA) is 55.1 Å². The summed E-state index contributed by atoms with van der Waals surface area (Å²) in [6.45, 7) is 4.02. The zero-order chi connectivity index (χ0) is 12.7. The van der Waals surface area contributed by atoms with E-state index in [0.29, 0.717) is 6.42 Å². The first-order valence-corrected chi connectivity index (χ1v) is 6.88. The molecular formula is C13H21ClN2OS. The first-order chi connectivity index (χ1) is 8.11. The number of carbonyl (C=O) groups excluding carboxylic acids is 1. The molecular weight excluding hydrogens is 268 g/mol. The van der Waals surface area contributed by atoms with Gasteiger partial charge >= 0.3 is 0 Å². The largest absolute Gasteiger partial charge is 0.328 e. The molecule has 0 spiro atoms. The summed E-state index contributed by atoms with van der Waals surface area (Å²) in [4.78, 5) is 12.8. The summed E-state index contributed by atoms with van der Waals surface area (Å²) >= 11 is 1.76. The van der Waals surface area contributed by atoms with Gasteiger partial charge in [0.25, 0.3) is 0 Å². The highest BCUT2D eigenvalue weighted by Crippen LogP contribution is 2.21. The number of anilines is 1. The highest BCUT2D eigenvalue weighted by molar-refractivity contribution is 7.99. The van der Waals surface area contributed by atoms with Crippen molar-refractivity contribution in [3.63, 3.8) is 0 Å². The van der Waals surface area contributed by atoms with Crippen molar-refractivity contribution in [1.29, 1.82) is 0 Å². The summed E-state index contributed by atoms with van der Waals surface area (Å²) < 4.78 is 0. The van der Waals surface area contributed by atoms with Gasteiger partial charge < -0.3 is 11.1 Å². The molecule has 3 nitrogen and oxygen atoms in total. The number of nitrogens with one attached hydrogen (secondary N) is 1. The molecule has 0 fully saturated rings. The van der Waals surface area contributed by atoms with E-state index in [1.807, 2.05) is 31.2 Å². The van der Waals surface area contributed by atoms with E-state index < -0.39 is 0 Å². The molecule has 18 heavy (non-hydrogen) atoms. The van der Waals surface area contributed by atoms with E-state index in [0.717, 1.165) is 17.9 Å². The van der Waals surface area contributed by atoms with Crippen LogP contribution in [0.3, 0.4) is 0 Å². The van der Waals surface area contributed by atoms with Crippen LogP contribution in [-0.2, 0) is 4.79 Å². The third kappa shape index (κ3) is 6.89. The Kier molecular flexibility index (Phi) is 8.89. The van der Waals surface area contributed by atoms with E-state index in [1.165, 1.54) is 4.90 Å². The summed E-state index contributed by atoms with van der Waals surface area (Å²) in [5, 5.41) is 2.89. The Balaban J connectivity index is 0.00000289. The van der Waals surface area contributed by atoms with Crippen LogP contribution in [0.5, 0.6) is 0 Å². The Hall–Kier alpha value is -0.710. The molecule has 0 aliphatic carbocycles. The van der Waals surface area contributed by atoms with Crippen LogP contribution in [0, 0.1) is 0 Å².